The maximum Gasteiger partial charge on any atom is 0.409 e. The predicted molar refractivity (Wildman–Crippen MR) is 68.5 cm³/mol. The van der Waals surface area contributed by atoms with Crippen LogP contribution in [0.1, 0.15) is 0 Å². The van der Waals surface area contributed by atoms with E-state index in [4.69, 9.17) is 21.4 Å². The van der Waals surface area contributed by atoms with Gasteiger partial charge in [-0.1, -0.05) is 12.1 Å². The van der Waals surface area contributed by atoms with Gasteiger partial charge < -0.3 is 9.84 Å². The Kier molecular flexibility index (Phi) is 3.76. The number of rotatable bonds is 3. The first kappa shape index (κ1) is 13.0. The molecule has 7 nitrogen and oxygen atoms in total. The van der Waals surface area contributed by atoms with Gasteiger partial charge in [-0.2, -0.15) is 15.0 Å². The smallest absolute Gasteiger partial charge is 0.409 e. The molecule has 1 aromatic heterocycles. The molecule has 19 heavy (non-hydrogen) atoms. The number of aromatic nitrogens is 3. The predicted octanol–water partition coefficient (Wildman–Crippen LogP) is 2.29. The second-order valence-corrected chi connectivity index (χ2v) is 3.73. The number of carbonyl (C=O) groups is 1. The number of anilines is 1. The van der Waals surface area contributed by atoms with E-state index in [1.54, 1.807) is 24.3 Å². The average molecular weight is 281 g/mol. The molecule has 0 fully saturated rings. The second kappa shape index (κ2) is 5.49. The van der Waals surface area contributed by atoms with Crippen LogP contribution in [-0.4, -0.2) is 33.3 Å². The van der Waals surface area contributed by atoms with Crippen LogP contribution in [0.4, 0.5) is 10.5 Å². The molecule has 1 amide bonds. The molecule has 8 heteroatoms. The molecule has 1 heterocycles. The molecule has 0 spiro atoms. The van der Waals surface area contributed by atoms with Crippen molar-refractivity contribution >= 4 is 23.4 Å². The normalized spacial score (nSPS) is 10.0. The molecule has 2 aromatic rings. The van der Waals surface area contributed by atoms with Crippen LogP contribution < -0.4 is 10.1 Å². The largest absolute Gasteiger partial charge is 0.467 e. The van der Waals surface area contributed by atoms with E-state index >= 15 is 0 Å². The van der Waals surface area contributed by atoms with Crippen LogP contribution >= 0.6 is 11.6 Å². The molecule has 0 aliphatic carbocycles. The van der Waals surface area contributed by atoms with Crippen LogP contribution in [-0.2, 0) is 0 Å². The molecule has 0 bridgehead atoms. The Bertz CT molecular complexity index is 621. The van der Waals surface area contributed by atoms with E-state index in [2.05, 4.69) is 20.3 Å². The highest BCUT2D eigenvalue weighted by atomic mass is 35.5. The van der Waals surface area contributed by atoms with Gasteiger partial charge in [-0.25, -0.2) is 4.79 Å². The molecule has 0 saturated heterocycles. The van der Waals surface area contributed by atoms with E-state index in [0.717, 1.165) is 0 Å². The first-order chi connectivity index (χ1) is 9.10. The summed E-state index contributed by atoms with van der Waals surface area (Å²) in [5.41, 5.74) is 0.826. The highest BCUT2D eigenvalue weighted by Gasteiger charge is 2.12. The number of methoxy groups -OCH3 is 1. The van der Waals surface area contributed by atoms with Gasteiger partial charge >= 0.3 is 12.1 Å². The number of hydrogen-bond acceptors (Lipinski definition) is 5. The van der Waals surface area contributed by atoms with Gasteiger partial charge in [0.2, 0.25) is 5.28 Å². The third-order valence-corrected chi connectivity index (χ3v) is 2.35. The van der Waals surface area contributed by atoms with E-state index in [-0.39, 0.29) is 17.1 Å². The summed E-state index contributed by atoms with van der Waals surface area (Å²) < 4.78 is 4.89. The van der Waals surface area contributed by atoms with E-state index in [1.165, 1.54) is 7.11 Å². The Morgan fingerprint density at radius 3 is 2.74 bits per heavy atom. The van der Waals surface area contributed by atoms with Gasteiger partial charge in [0.15, 0.2) is 5.82 Å². The number of para-hydroxylation sites is 1. The fraction of sp³-hybridized carbons (Fsp3) is 0.0909. The molecule has 0 radical (unpaired) electrons. The Labute approximate surface area is 113 Å². The molecule has 0 aliphatic heterocycles. The van der Waals surface area contributed by atoms with E-state index in [1.807, 2.05) is 0 Å². The van der Waals surface area contributed by atoms with Gasteiger partial charge in [0, 0.05) is 5.56 Å². The molecule has 0 atom stereocenters. The lowest BCUT2D eigenvalue weighted by Crippen LogP contribution is -2.09. The minimum absolute atomic E-state index is 0.0352. The Morgan fingerprint density at radius 1 is 1.32 bits per heavy atom. The van der Waals surface area contributed by atoms with Gasteiger partial charge in [-0.15, -0.1) is 0 Å². The summed E-state index contributed by atoms with van der Waals surface area (Å²) >= 11 is 5.76. The molecule has 0 unspecified atom stereocenters. The molecular weight excluding hydrogens is 272 g/mol. The van der Waals surface area contributed by atoms with Crippen molar-refractivity contribution in [3.8, 4) is 17.4 Å². The molecule has 0 saturated carbocycles. The van der Waals surface area contributed by atoms with Crippen molar-refractivity contribution < 1.29 is 14.6 Å². The fourth-order valence-corrected chi connectivity index (χ4v) is 1.60. The zero-order chi connectivity index (χ0) is 13.8. The number of ether oxygens (including phenoxy) is 1. The number of amides is 1. The fourth-order valence-electron chi connectivity index (χ4n) is 1.45. The minimum atomic E-state index is -1.18. The van der Waals surface area contributed by atoms with Crippen molar-refractivity contribution in [2.75, 3.05) is 12.4 Å². The number of nitrogens with zero attached hydrogens (tertiary/aromatic N) is 3. The second-order valence-electron chi connectivity index (χ2n) is 3.39. The van der Waals surface area contributed by atoms with Gasteiger partial charge in [0.05, 0.1) is 12.8 Å². The van der Waals surface area contributed by atoms with Crippen LogP contribution in [0.25, 0.3) is 11.4 Å². The van der Waals surface area contributed by atoms with Gasteiger partial charge in [0.25, 0.3) is 0 Å². The Balaban J connectivity index is 2.52. The highest BCUT2D eigenvalue weighted by molar-refractivity contribution is 6.28. The van der Waals surface area contributed by atoms with Crippen molar-refractivity contribution in [3.05, 3.63) is 29.5 Å². The number of nitrogens with one attached hydrogen (secondary N) is 1. The van der Waals surface area contributed by atoms with E-state index in [0.29, 0.717) is 11.3 Å². The summed E-state index contributed by atoms with van der Waals surface area (Å²) in [4.78, 5) is 22.5. The maximum atomic E-state index is 10.7. The lowest BCUT2D eigenvalue weighted by atomic mass is 10.1. The lowest BCUT2D eigenvalue weighted by molar-refractivity contribution is 0.210. The molecule has 2 rings (SSSR count). The molecular formula is C11H9ClN4O3. The molecule has 98 valence electrons. The van der Waals surface area contributed by atoms with Crippen molar-refractivity contribution in [1.82, 2.24) is 15.0 Å². The summed E-state index contributed by atoms with van der Waals surface area (Å²) in [6.45, 7) is 0. The Hall–Kier alpha value is -2.41. The summed E-state index contributed by atoms with van der Waals surface area (Å²) in [7, 11) is 1.40. The third-order valence-electron chi connectivity index (χ3n) is 2.18. The SMILES string of the molecule is COc1nc(Cl)nc(-c2ccccc2NC(=O)O)n1. The molecule has 0 aliphatic rings. The minimum Gasteiger partial charge on any atom is -0.467 e. The number of halogens is 1. The van der Waals surface area contributed by atoms with Crippen molar-refractivity contribution in [3.63, 3.8) is 0 Å². The zero-order valence-corrected chi connectivity index (χ0v) is 10.5. The molecule has 1 aromatic carbocycles. The first-order valence-electron chi connectivity index (χ1n) is 5.15. The number of hydrogen-bond donors (Lipinski definition) is 2. The lowest BCUT2D eigenvalue weighted by Gasteiger charge is -2.08. The topological polar surface area (TPSA) is 97.2 Å². The average Bonchev–Trinajstić information content (AvgIpc) is 2.38. The Morgan fingerprint density at radius 2 is 2.05 bits per heavy atom. The number of carboxylic acid groups (broad SMARTS) is 1. The van der Waals surface area contributed by atoms with Crippen LogP contribution in [0.3, 0.4) is 0 Å². The van der Waals surface area contributed by atoms with Crippen LogP contribution in [0.15, 0.2) is 24.3 Å². The summed E-state index contributed by atoms with van der Waals surface area (Å²) in [5, 5.41) is 11.0. The monoisotopic (exact) mass is 280 g/mol. The van der Waals surface area contributed by atoms with Gasteiger partial charge in [0.1, 0.15) is 0 Å². The van der Waals surface area contributed by atoms with E-state index < -0.39 is 6.09 Å². The van der Waals surface area contributed by atoms with Gasteiger partial charge in [-0.3, -0.25) is 5.32 Å². The summed E-state index contributed by atoms with van der Waals surface area (Å²) in [5.74, 6) is 0.223. The third kappa shape index (κ3) is 3.08. The van der Waals surface area contributed by atoms with E-state index in [9.17, 15) is 4.79 Å². The van der Waals surface area contributed by atoms with Gasteiger partial charge in [-0.05, 0) is 23.7 Å². The quantitative estimate of drug-likeness (QED) is 0.895. The van der Waals surface area contributed by atoms with Crippen LogP contribution in [0, 0.1) is 0 Å². The maximum absolute atomic E-state index is 10.7. The standard InChI is InChI=1S/C11H9ClN4O3/c1-19-10-15-8(14-9(12)16-10)6-4-2-3-5-7(6)13-11(17)18/h2-5,13H,1H3,(H,17,18). The highest BCUT2D eigenvalue weighted by Crippen LogP contribution is 2.26. The van der Waals surface area contributed by atoms with Crippen LogP contribution in [0.2, 0.25) is 5.28 Å². The molecule has 2 N–H and O–H groups in total. The summed E-state index contributed by atoms with van der Waals surface area (Å²) in [6, 6.07) is 6.73. The van der Waals surface area contributed by atoms with Crippen molar-refractivity contribution in [1.29, 1.82) is 0 Å². The summed E-state index contributed by atoms with van der Waals surface area (Å²) in [6.07, 6.45) is -1.18. The van der Waals surface area contributed by atoms with Crippen molar-refractivity contribution in [2.45, 2.75) is 0 Å². The zero-order valence-electron chi connectivity index (χ0n) is 9.79. The van der Waals surface area contributed by atoms with Crippen LogP contribution in [0.5, 0.6) is 6.01 Å². The first-order valence-corrected chi connectivity index (χ1v) is 5.53. The number of benzene rings is 1. The van der Waals surface area contributed by atoms with Crippen molar-refractivity contribution in [2.24, 2.45) is 0 Å².